The molecule has 1 aromatic heterocycles. The van der Waals surface area contributed by atoms with Gasteiger partial charge in [-0.05, 0) is 18.2 Å². The standard InChI is InChI=1S/C13H12BrFN2O3.C2H6/c14-8-1-2-11(20-12(3-5-15)13(16)18)9(7-8)10-4-6-19-17-10;1-2/h1-2,4,6-7,12H,3,5H2,(H2,16,18);1-2H3/t12-;/m0./s1. The topological polar surface area (TPSA) is 78.4 Å². The highest BCUT2D eigenvalue weighted by atomic mass is 79.9. The third kappa shape index (κ3) is 4.84. The highest BCUT2D eigenvalue weighted by Crippen LogP contribution is 2.32. The van der Waals surface area contributed by atoms with Crippen LogP contribution in [0.1, 0.15) is 20.3 Å². The number of amides is 1. The summed E-state index contributed by atoms with van der Waals surface area (Å²) in [6.45, 7) is 3.31. The molecule has 120 valence electrons. The van der Waals surface area contributed by atoms with E-state index in [1.807, 2.05) is 13.8 Å². The SMILES string of the molecule is CC.NC(=O)[C@H](CCF)Oc1ccc(Br)cc1-c1ccon1. The molecular formula is C15H18BrFN2O3. The quantitative estimate of drug-likeness (QED) is 0.837. The summed E-state index contributed by atoms with van der Waals surface area (Å²) in [5.74, 6) is -0.323. The van der Waals surface area contributed by atoms with Gasteiger partial charge in [0.15, 0.2) is 6.10 Å². The lowest BCUT2D eigenvalue weighted by atomic mass is 10.1. The van der Waals surface area contributed by atoms with Crippen molar-refractivity contribution >= 4 is 21.8 Å². The van der Waals surface area contributed by atoms with Gasteiger partial charge in [-0.15, -0.1) is 0 Å². The Morgan fingerprint density at radius 3 is 2.73 bits per heavy atom. The van der Waals surface area contributed by atoms with Gasteiger partial charge in [0.05, 0.1) is 6.67 Å². The Balaban J connectivity index is 0.00000116. The van der Waals surface area contributed by atoms with E-state index in [1.54, 1.807) is 24.3 Å². The van der Waals surface area contributed by atoms with Crippen LogP contribution >= 0.6 is 15.9 Å². The number of rotatable bonds is 6. The molecule has 0 aliphatic rings. The molecule has 0 spiro atoms. The van der Waals surface area contributed by atoms with Crippen LogP contribution in [0, 0.1) is 0 Å². The van der Waals surface area contributed by atoms with Crippen LogP contribution in [0.4, 0.5) is 4.39 Å². The van der Waals surface area contributed by atoms with E-state index in [0.717, 1.165) is 4.47 Å². The van der Waals surface area contributed by atoms with Gasteiger partial charge in [0, 0.05) is 22.5 Å². The summed E-state index contributed by atoms with van der Waals surface area (Å²) < 4.78 is 23.5. The first-order valence-electron chi connectivity index (χ1n) is 6.84. The fourth-order valence-electron chi connectivity index (χ4n) is 1.67. The van der Waals surface area contributed by atoms with Gasteiger partial charge in [-0.25, -0.2) is 0 Å². The van der Waals surface area contributed by atoms with Crippen molar-refractivity contribution in [3.63, 3.8) is 0 Å². The van der Waals surface area contributed by atoms with E-state index in [2.05, 4.69) is 21.1 Å². The Morgan fingerprint density at radius 1 is 1.45 bits per heavy atom. The zero-order chi connectivity index (χ0) is 16.5. The summed E-state index contributed by atoms with van der Waals surface area (Å²) >= 11 is 3.34. The van der Waals surface area contributed by atoms with Crippen molar-refractivity contribution in [3.05, 3.63) is 35.0 Å². The van der Waals surface area contributed by atoms with Crippen LogP contribution in [0.15, 0.2) is 39.5 Å². The fourth-order valence-corrected chi connectivity index (χ4v) is 2.03. The molecule has 0 aliphatic carbocycles. The molecule has 1 aromatic carbocycles. The van der Waals surface area contributed by atoms with Crippen molar-refractivity contribution < 1.29 is 18.4 Å². The molecule has 0 radical (unpaired) electrons. The maximum atomic E-state index is 12.4. The van der Waals surface area contributed by atoms with E-state index in [0.29, 0.717) is 17.0 Å². The average molecular weight is 373 g/mol. The van der Waals surface area contributed by atoms with Gasteiger partial charge in [-0.3, -0.25) is 9.18 Å². The number of benzene rings is 1. The summed E-state index contributed by atoms with van der Waals surface area (Å²) in [5, 5.41) is 3.82. The van der Waals surface area contributed by atoms with Crippen molar-refractivity contribution in [3.8, 4) is 17.0 Å². The second kappa shape index (κ2) is 9.19. The highest BCUT2D eigenvalue weighted by Gasteiger charge is 2.20. The molecule has 7 heteroatoms. The Hall–Kier alpha value is -1.89. The molecule has 0 aliphatic heterocycles. The number of nitrogens with two attached hydrogens (primary N) is 1. The Bertz CT molecular complexity index is 590. The number of carbonyl (C=O) groups excluding carboxylic acids is 1. The number of alkyl halides is 1. The minimum absolute atomic E-state index is 0.0936. The molecule has 1 amide bonds. The third-order valence-corrected chi connectivity index (χ3v) is 3.11. The number of hydrogen-bond acceptors (Lipinski definition) is 4. The van der Waals surface area contributed by atoms with E-state index in [4.69, 9.17) is 15.0 Å². The van der Waals surface area contributed by atoms with Gasteiger partial charge in [0.1, 0.15) is 17.7 Å². The molecule has 22 heavy (non-hydrogen) atoms. The van der Waals surface area contributed by atoms with Crippen LogP contribution in [0.25, 0.3) is 11.3 Å². The monoisotopic (exact) mass is 372 g/mol. The van der Waals surface area contributed by atoms with Gasteiger partial charge in [0.25, 0.3) is 5.91 Å². The predicted molar refractivity (Wildman–Crippen MR) is 85.2 cm³/mol. The van der Waals surface area contributed by atoms with Crippen molar-refractivity contribution in [2.24, 2.45) is 5.73 Å². The first kappa shape index (κ1) is 18.2. The number of aromatic nitrogens is 1. The first-order valence-corrected chi connectivity index (χ1v) is 7.63. The molecule has 5 nitrogen and oxygen atoms in total. The second-order valence-electron chi connectivity index (χ2n) is 4.01. The Labute approximate surface area is 136 Å². The third-order valence-electron chi connectivity index (χ3n) is 2.61. The summed E-state index contributed by atoms with van der Waals surface area (Å²) in [6, 6.07) is 6.82. The fraction of sp³-hybridized carbons (Fsp3) is 0.333. The minimum Gasteiger partial charge on any atom is -0.480 e. The summed E-state index contributed by atoms with van der Waals surface area (Å²) in [5.41, 5.74) is 6.36. The van der Waals surface area contributed by atoms with E-state index < -0.39 is 18.7 Å². The van der Waals surface area contributed by atoms with Crippen LogP contribution in [0.3, 0.4) is 0 Å². The zero-order valence-electron chi connectivity index (χ0n) is 12.4. The van der Waals surface area contributed by atoms with Crippen LogP contribution < -0.4 is 10.5 Å². The molecule has 0 fully saturated rings. The van der Waals surface area contributed by atoms with Gasteiger partial charge in [0.2, 0.25) is 0 Å². The number of carbonyl (C=O) groups is 1. The minimum atomic E-state index is -1.02. The van der Waals surface area contributed by atoms with Crippen LogP contribution in [-0.4, -0.2) is 23.8 Å². The van der Waals surface area contributed by atoms with Gasteiger partial charge < -0.3 is 15.0 Å². The van der Waals surface area contributed by atoms with Crippen LogP contribution in [-0.2, 0) is 4.79 Å². The maximum Gasteiger partial charge on any atom is 0.258 e. The first-order chi connectivity index (χ1) is 10.6. The van der Waals surface area contributed by atoms with Gasteiger partial charge in [-0.1, -0.05) is 34.9 Å². The smallest absolute Gasteiger partial charge is 0.258 e. The predicted octanol–water partition coefficient (Wildman–Crippen LogP) is 3.72. The molecule has 0 saturated carbocycles. The number of nitrogens with zero attached hydrogens (tertiary/aromatic N) is 1. The lowest BCUT2D eigenvalue weighted by Gasteiger charge is -2.17. The number of ether oxygens (including phenoxy) is 1. The number of hydrogen-bond donors (Lipinski definition) is 1. The number of halogens is 2. The maximum absolute atomic E-state index is 12.4. The van der Waals surface area contributed by atoms with Crippen molar-refractivity contribution in [1.29, 1.82) is 0 Å². The molecule has 2 aromatic rings. The molecular weight excluding hydrogens is 355 g/mol. The summed E-state index contributed by atoms with van der Waals surface area (Å²) in [4.78, 5) is 11.2. The van der Waals surface area contributed by atoms with Gasteiger partial charge >= 0.3 is 0 Å². The highest BCUT2D eigenvalue weighted by molar-refractivity contribution is 9.10. The average Bonchev–Trinajstić information content (AvgIpc) is 3.04. The zero-order valence-corrected chi connectivity index (χ0v) is 14.0. The lowest BCUT2D eigenvalue weighted by Crippen LogP contribution is -2.34. The summed E-state index contributed by atoms with van der Waals surface area (Å²) in [7, 11) is 0. The Morgan fingerprint density at radius 2 is 2.18 bits per heavy atom. The van der Waals surface area contributed by atoms with E-state index in [9.17, 15) is 9.18 Å². The second-order valence-corrected chi connectivity index (χ2v) is 4.93. The molecule has 0 saturated heterocycles. The summed E-state index contributed by atoms with van der Waals surface area (Å²) in [6.07, 6.45) is 0.309. The molecule has 1 heterocycles. The number of primary amides is 1. The molecule has 2 rings (SSSR count). The van der Waals surface area contributed by atoms with Crippen molar-refractivity contribution in [2.75, 3.05) is 6.67 Å². The largest absolute Gasteiger partial charge is 0.480 e. The Kier molecular flexibility index (Phi) is 7.59. The van der Waals surface area contributed by atoms with Crippen LogP contribution in [0.2, 0.25) is 0 Å². The van der Waals surface area contributed by atoms with E-state index in [-0.39, 0.29) is 6.42 Å². The molecule has 0 unspecified atom stereocenters. The van der Waals surface area contributed by atoms with Gasteiger partial charge in [-0.2, -0.15) is 0 Å². The lowest BCUT2D eigenvalue weighted by molar-refractivity contribution is -0.125. The molecule has 1 atom stereocenters. The molecule has 2 N–H and O–H groups in total. The molecule has 0 bridgehead atoms. The van der Waals surface area contributed by atoms with Crippen LogP contribution in [0.5, 0.6) is 5.75 Å². The van der Waals surface area contributed by atoms with E-state index >= 15 is 0 Å². The normalized spacial score (nSPS) is 11.3. The van der Waals surface area contributed by atoms with Crippen molar-refractivity contribution in [2.45, 2.75) is 26.4 Å². The van der Waals surface area contributed by atoms with Crippen molar-refractivity contribution in [1.82, 2.24) is 5.16 Å². The van der Waals surface area contributed by atoms with E-state index in [1.165, 1.54) is 6.26 Å².